The Morgan fingerprint density at radius 2 is 1.00 bits per heavy atom. The first-order chi connectivity index (χ1) is 10.7. The van der Waals surface area contributed by atoms with E-state index < -0.39 is 0 Å². The van der Waals surface area contributed by atoms with Gasteiger partial charge < -0.3 is 10.2 Å². The summed E-state index contributed by atoms with van der Waals surface area (Å²) in [6, 6.07) is 0. The van der Waals surface area contributed by atoms with Gasteiger partial charge in [0, 0.05) is 17.2 Å². The van der Waals surface area contributed by atoms with E-state index in [9.17, 15) is 0 Å². The van der Waals surface area contributed by atoms with Crippen LogP contribution in [0.2, 0.25) is 0 Å². The quantitative estimate of drug-likeness (QED) is 0.488. The highest BCUT2D eigenvalue weighted by Gasteiger charge is 2.02. The first-order valence-electron chi connectivity index (χ1n) is 9.20. The Labute approximate surface area is 170 Å². The van der Waals surface area contributed by atoms with E-state index in [0.717, 1.165) is 11.2 Å². The Bertz CT molecular complexity index is 194. The number of hydrogen-bond donors (Lipinski definition) is 2. The molecule has 0 aliphatic carbocycles. The molecule has 0 radical (unpaired) electrons. The molecule has 0 heterocycles. The monoisotopic (exact) mass is 402 g/mol. The van der Waals surface area contributed by atoms with Gasteiger partial charge in [-0.1, -0.05) is 69.7 Å². The van der Waals surface area contributed by atoms with Crippen molar-refractivity contribution in [3.8, 4) is 0 Å². The summed E-state index contributed by atoms with van der Waals surface area (Å²) in [4.78, 5) is 0. The number of hydrogen-bond acceptors (Lipinski definition) is 3. The minimum atomic E-state index is -0.148. The van der Waals surface area contributed by atoms with Crippen LogP contribution >= 0.6 is 23.4 Å². The number of halogens is 1. The summed E-state index contributed by atoms with van der Waals surface area (Å²) in [6.45, 7) is 23.0. The van der Waals surface area contributed by atoms with Gasteiger partial charge in [0.1, 0.15) is 0 Å². The molecule has 0 fully saturated rings. The van der Waals surface area contributed by atoms with Gasteiger partial charge in [-0.3, -0.25) is 0 Å². The fourth-order valence-electron chi connectivity index (χ4n) is 0.272. The SMILES string of the molecule is C.CC(C)CO.CC(C)[C@@H](C)O.CC(C)[C@H](C)Cl.CS[C@@H](C)C(C)C. The van der Waals surface area contributed by atoms with Crippen molar-refractivity contribution in [1.29, 1.82) is 0 Å². The molecular formula is C21H51ClO2S. The molecule has 4 heteroatoms. The Hall–Kier alpha value is 0.560. The highest BCUT2D eigenvalue weighted by atomic mass is 35.5. The standard InChI is InChI=1S/C6H14S.C5H11Cl.C5H12O.C4H10O.CH4/c1-5(2)6(3)7-4;2*1-4(2)5(3)6;1-4(2)3-5;/h5-6H,1-4H3;4-5H,1-3H3;4-6H,1-3H3;4-5H,3H2,1-2H3;1H4/t6-;2*5-;;/m001../s1. The predicted molar refractivity (Wildman–Crippen MR) is 123 cm³/mol. The molecule has 0 saturated carbocycles. The summed E-state index contributed by atoms with van der Waals surface area (Å²) in [5.74, 6) is 2.29. The molecule has 25 heavy (non-hydrogen) atoms. The van der Waals surface area contributed by atoms with Crippen LogP contribution in [0.4, 0.5) is 0 Å². The molecule has 0 amide bonds. The maximum atomic E-state index is 8.63. The second kappa shape index (κ2) is 24.6. The van der Waals surface area contributed by atoms with Crippen molar-refractivity contribution >= 4 is 23.4 Å². The van der Waals surface area contributed by atoms with E-state index in [1.807, 2.05) is 46.4 Å². The number of thioether (sulfide) groups is 1. The van der Waals surface area contributed by atoms with E-state index in [2.05, 4.69) is 40.9 Å². The van der Waals surface area contributed by atoms with Crippen molar-refractivity contribution < 1.29 is 10.2 Å². The molecular weight excluding hydrogens is 352 g/mol. The molecule has 0 rings (SSSR count). The van der Waals surface area contributed by atoms with Crippen LogP contribution in [0.5, 0.6) is 0 Å². The first kappa shape index (κ1) is 36.5. The fraction of sp³-hybridized carbons (Fsp3) is 1.00. The average molecular weight is 403 g/mol. The van der Waals surface area contributed by atoms with Crippen molar-refractivity contribution in [1.82, 2.24) is 0 Å². The Morgan fingerprint density at radius 1 is 0.760 bits per heavy atom. The van der Waals surface area contributed by atoms with E-state index in [-0.39, 0.29) is 13.5 Å². The van der Waals surface area contributed by atoms with Gasteiger partial charge in [-0.25, -0.2) is 0 Å². The lowest BCUT2D eigenvalue weighted by atomic mass is 10.1. The Kier molecular flexibility index (Phi) is 35.8. The molecule has 2 nitrogen and oxygen atoms in total. The van der Waals surface area contributed by atoms with Crippen molar-refractivity contribution in [3.05, 3.63) is 0 Å². The molecule has 0 aromatic carbocycles. The fourth-order valence-corrected chi connectivity index (χ4v) is 0.816. The summed E-state index contributed by atoms with van der Waals surface area (Å²) in [5.41, 5.74) is 0. The van der Waals surface area contributed by atoms with Gasteiger partial charge in [0.2, 0.25) is 0 Å². The predicted octanol–water partition coefficient (Wildman–Crippen LogP) is 6.96. The lowest BCUT2D eigenvalue weighted by Gasteiger charge is -2.10. The van der Waals surface area contributed by atoms with Crippen LogP contribution in [-0.4, -0.2) is 39.8 Å². The van der Waals surface area contributed by atoms with Crippen LogP contribution in [0.25, 0.3) is 0 Å². The number of alkyl halides is 1. The molecule has 0 aliphatic rings. The largest absolute Gasteiger partial charge is 0.396 e. The number of rotatable bonds is 5. The van der Waals surface area contributed by atoms with Crippen LogP contribution in [0.3, 0.4) is 0 Å². The van der Waals surface area contributed by atoms with Gasteiger partial charge in [-0.15, -0.1) is 11.6 Å². The van der Waals surface area contributed by atoms with Crippen molar-refractivity contribution in [3.63, 3.8) is 0 Å². The minimum absolute atomic E-state index is 0. The van der Waals surface area contributed by atoms with Gasteiger partial charge in [-0.2, -0.15) is 11.8 Å². The summed E-state index contributed by atoms with van der Waals surface area (Å²) in [5, 5.41) is 17.9. The zero-order valence-corrected chi connectivity index (χ0v) is 20.0. The van der Waals surface area contributed by atoms with E-state index in [4.69, 9.17) is 21.8 Å². The maximum Gasteiger partial charge on any atom is 0.0535 e. The topological polar surface area (TPSA) is 40.5 Å². The molecule has 0 bridgehead atoms. The third-order valence-electron chi connectivity index (χ3n) is 3.56. The van der Waals surface area contributed by atoms with E-state index in [1.165, 1.54) is 0 Å². The highest BCUT2D eigenvalue weighted by molar-refractivity contribution is 7.99. The Balaban J connectivity index is -0.0000000706. The van der Waals surface area contributed by atoms with E-state index in [1.54, 1.807) is 6.92 Å². The molecule has 0 unspecified atom stereocenters. The third kappa shape index (κ3) is 45.6. The van der Waals surface area contributed by atoms with Crippen molar-refractivity contribution in [2.45, 2.75) is 100 Å². The zero-order chi connectivity index (χ0) is 20.5. The normalized spacial score (nSPS) is 13.6. The van der Waals surface area contributed by atoms with Crippen molar-refractivity contribution in [2.75, 3.05) is 12.9 Å². The second-order valence-corrected chi connectivity index (χ2v) is 9.57. The van der Waals surface area contributed by atoms with E-state index >= 15 is 0 Å². The molecule has 160 valence electrons. The van der Waals surface area contributed by atoms with Gasteiger partial charge in [-0.05, 0) is 43.8 Å². The molecule has 0 aromatic rings. The summed E-state index contributed by atoms with van der Waals surface area (Å²) in [6.07, 6.45) is 2.01. The lowest BCUT2D eigenvalue weighted by molar-refractivity contribution is 0.144. The summed E-state index contributed by atoms with van der Waals surface area (Å²) >= 11 is 7.55. The Morgan fingerprint density at radius 3 is 1.00 bits per heavy atom. The minimum Gasteiger partial charge on any atom is -0.396 e. The average Bonchev–Trinajstić information content (AvgIpc) is 2.47. The van der Waals surface area contributed by atoms with E-state index in [0.29, 0.717) is 29.7 Å². The molecule has 2 N–H and O–H groups in total. The van der Waals surface area contributed by atoms with Crippen LogP contribution in [0.15, 0.2) is 0 Å². The van der Waals surface area contributed by atoms with Crippen LogP contribution in [0, 0.1) is 23.7 Å². The lowest BCUT2D eigenvalue weighted by Crippen LogP contribution is -2.07. The number of aliphatic hydroxyl groups excluding tert-OH is 2. The van der Waals surface area contributed by atoms with Gasteiger partial charge >= 0.3 is 0 Å². The van der Waals surface area contributed by atoms with Crippen LogP contribution in [-0.2, 0) is 0 Å². The van der Waals surface area contributed by atoms with Gasteiger partial charge in [0.15, 0.2) is 0 Å². The van der Waals surface area contributed by atoms with Gasteiger partial charge in [0.25, 0.3) is 0 Å². The molecule has 0 aromatic heterocycles. The molecule has 0 saturated heterocycles. The maximum absolute atomic E-state index is 8.63. The highest BCUT2D eigenvalue weighted by Crippen LogP contribution is 2.14. The van der Waals surface area contributed by atoms with Crippen LogP contribution in [0.1, 0.15) is 83.6 Å². The molecule has 3 atom stereocenters. The zero-order valence-electron chi connectivity index (χ0n) is 18.4. The summed E-state index contributed by atoms with van der Waals surface area (Å²) in [7, 11) is 0. The van der Waals surface area contributed by atoms with Crippen LogP contribution < -0.4 is 0 Å². The third-order valence-corrected chi connectivity index (χ3v) is 5.35. The summed E-state index contributed by atoms with van der Waals surface area (Å²) < 4.78 is 0. The molecule has 0 spiro atoms. The second-order valence-electron chi connectivity index (χ2n) is 7.67. The smallest absolute Gasteiger partial charge is 0.0535 e. The first-order valence-corrected chi connectivity index (χ1v) is 10.9. The van der Waals surface area contributed by atoms with Gasteiger partial charge in [0.05, 0.1) is 6.10 Å². The number of aliphatic hydroxyl groups is 2. The molecule has 0 aliphatic heterocycles. The van der Waals surface area contributed by atoms with Crippen molar-refractivity contribution in [2.24, 2.45) is 23.7 Å².